The summed E-state index contributed by atoms with van der Waals surface area (Å²) in [5.74, 6) is -1.16. The summed E-state index contributed by atoms with van der Waals surface area (Å²) in [5, 5.41) is 12.2. The van der Waals surface area contributed by atoms with Gasteiger partial charge >= 0.3 is 0 Å². The molecule has 0 aliphatic rings. The predicted molar refractivity (Wildman–Crippen MR) is 42.3 cm³/mol. The van der Waals surface area contributed by atoms with E-state index in [0.29, 0.717) is 0 Å². The van der Waals surface area contributed by atoms with Crippen molar-refractivity contribution in [2.45, 2.75) is 33.0 Å². The maximum absolute atomic E-state index is 9.39. The van der Waals surface area contributed by atoms with Gasteiger partial charge in [0, 0.05) is 5.92 Å². The highest BCUT2D eigenvalue weighted by Crippen LogP contribution is 2.05. The third-order valence-corrected chi connectivity index (χ3v) is 1.54. The molecular formula is C7H18N2O. The van der Waals surface area contributed by atoms with Gasteiger partial charge in [0.2, 0.25) is 0 Å². The van der Waals surface area contributed by atoms with Crippen molar-refractivity contribution in [3.05, 3.63) is 0 Å². The van der Waals surface area contributed by atoms with Crippen LogP contribution in [0.15, 0.2) is 0 Å². The summed E-state index contributed by atoms with van der Waals surface area (Å²) in [4.78, 5) is 0. The number of nitrogens with one attached hydrogen (secondary N) is 1. The minimum Gasteiger partial charge on any atom is -0.363 e. The van der Waals surface area contributed by atoms with Crippen molar-refractivity contribution in [3.8, 4) is 0 Å². The van der Waals surface area contributed by atoms with Gasteiger partial charge in [-0.2, -0.15) is 0 Å². The summed E-state index contributed by atoms with van der Waals surface area (Å²) >= 11 is 0. The van der Waals surface area contributed by atoms with Gasteiger partial charge in [-0.25, -0.2) is 0 Å². The highest BCUT2D eigenvalue weighted by Gasteiger charge is 2.23. The van der Waals surface area contributed by atoms with E-state index < -0.39 is 5.85 Å². The molecule has 0 rings (SSSR count). The van der Waals surface area contributed by atoms with Crippen molar-refractivity contribution < 1.29 is 5.11 Å². The molecule has 0 radical (unpaired) electrons. The SMILES string of the molecule is CCCNC(N)(O)C(C)C. The molecule has 1 atom stereocenters. The van der Waals surface area contributed by atoms with E-state index in [1.165, 1.54) is 0 Å². The summed E-state index contributed by atoms with van der Waals surface area (Å²) in [7, 11) is 0. The standard InChI is InChI=1S/C7H18N2O/c1-4-5-9-7(8,10)6(2)3/h6,9-10H,4-5,8H2,1-3H3. The van der Waals surface area contributed by atoms with E-state index in [0.717, 1.165) is 13.0 Å². The van der Waals surface area contributed by atoms with E-state index in [1.54, 1.807) is 0 Å². The second kappa shape index (κ2) is 3.91. The van der Waals surface area contributed by atoms with E-state index in [1.807, 2.05) is 20.8 Å². The molecule has 0 fully saturated rings. The van der Waals surface area contributed by atoms with Crippen molar-refractivity contribution >= 4 is 0 Å². The zero-order chi connectivity index (χ0) is 8.20. The number of nitrogens with two attached hydrogens (primary N) is 1. The highest BCUT2D eigenvalue weighted by molar-refractivity contribution is 4.70. The number of rotatable bonds is 4. The molecule has 0 aliphatic heterocycles. The van der Waals surface area contributed by atoms with Crippen molar-refractivity contribution in [1.29, 1.82) is 0 Å². The summed E-state index contributed by atoms with van der Waals surface area (Å²) in [6.45, 7) is 6.54. The highest BCUT2D eigenvalue weighted by atomic mass is 16.3. The van der Waals surface area contributed by atoms with Crippen molar-refractivity contribution in [2.75, 3.05) is 6.54 Å². The average molecular weight is 146 g/mol. The first-order valence-electron chi connectivity index (χ1n) is 3.77. The first-order chi connectivity index (χ1) is 4.50. The van der Waals surface area contributed by atoms with E-state index in [2.05, 4.69) is 5.32 Å². The minimum atomic E-state index is -1.20. The maximum Gasteiger partial charge on any atom is 0.171 e. The van der Waals surface area contributed by atoms with Gasteiger partial charge in [0.15, 0.2) is 5.85 Å². The molecule has 3 nitrogen and oxygen atoms in total. The smallest absolute Gasteiger partial charge is 0.171 e. The molecule has 0 bridgehead atoms. The van der Waals surface area contributed by atoms with Gasteiger partial charge in [-0.15, -0.1) is 0 Å². The molecule has 3 heteroatoms. The fourth-order valence-electron chi connectivity index (χ4n) is 0.529. The molecule has 0 aromatic rings. The lowest BCUT2D eigenvalue weighted by Gasteiger charge is -2.28. The molecule has 0 aromatic carbocycles. The molecule has 0 heterocycles. The van der Waals surface area contributed by atoms with Crippen LogP contribution in [0.5, 0.6) is 0 Å². The van der Waals surface area contributed by atoms with Gasteiger partial charge in [-0.05, 0) is 13.0 Å². The van der Waals surface area contributed by atoms with Gasteiger partial charge < -0.3 is 5.11 Å². The summed E-state index contributed by atoms with van der Waals surface area (Å²) in [6, 6.07) is 0. The Morgan fingerprint density at radius 1 is 1.60 bits per heavy atom. The molecule has 0 aliphatic carbocycles. The monoisotopic (exact) mass is 146 g/mol. The Balaban J connectivity index is 3.63. The van der Waals surface area contributed by atoms with Crippen LogP contribution in [-0.4, -0.2) is 17.5 Å². The minimum absolute atomic E-state index is 0.0408. The second-order valence-corrected chi connectivity index (χ2v) is 2.91. The summed E-state index contributed by atoms with van der Waals surface area (Å²) in [5.41, 5.74) is 5.49. The average Bonchev–Trinajstić information content (AvgIpc) is 1.84. The van der Waals surface area contributed by atoms with Gasteiger partial charge in [-0.1, -0.05) is 20.8 Å². The fourth-order valence-corrected chi connectivity index (χ4v) is 0.529. The quantitative estimate of drug-likeness (QED) is 0.498. The van der Waals surface area contributed by atoms with Crippen LogP contribution in [0, 0.1) is 5.92 Å². The Kier molecular flexibility index (Phi) is 3.86. The lowest BCUT2D eigenvalue weighted by molar-refractivity contribution is -0.0313. The number of hydrogen-bond donors (Lipinski definition) is 3. The van der Waals surface area contributed by atoms with Crippen molar-refractivity contribution in [3.63, 3.8) is 0 Å². The Hall–Kier alpha value is -0.120. The van der Waals surface area contributed by atoms with Gasteiger partial charge in [0.05, 0.1) is 0 Å². The summed E-state index contributed by atoms with van der Waals surface area (Å²) in [6.07, 6.45) is 0.978. The summed E-state index contributed by atoms with van der Waals surface area (Å²) < 4.78 is 0. The van der Waals surface area contributed by atoms with E-state index >= 15 is 0 Å². The first kappa shape index (κ1) is 9.88. The van der Waals surface area contributed by atoms with Crippen LogP contribution in [0.3, 0.4) is 0 Å². The Labute approximate surface area is 62.6 Å². The molecule has 0 amide bonds. The molecule has 4 N–H and O–H groups in total. The van der Waals surface area contributed by atoms with Crippen LogP contribution in [0.1, 0.15) is 27.2 Å². The Bertz CT molecular complexity index is 91.6. The van der Waals surface area contributed by atoms with Gasteiger partial charge in [0.25, 0.3) is 0 Å². The maximum atomic E-state index is 9.39. The van der Waals surface area contributed by atoms with E-state index in [-0.39, 0.29) is 5.92 Å². The van der Waals surface area contributed by atoms with Crippen LogP contribution >= 0.6 is 0 Å². The third kappa shape index (κ3) is 3.15. The largest absolute Gasteiger partial charge is 0.363 e. The first-order valence-corrected chi connectivity index (χ1v) is 3.77. The van der Waals surface area contributed by atoms with E-state index in [9.17, 15) is 5.11 Å². The van der Waals surface area contributed by atoms with Gasteiger partial charge in [-0.3, -0.25) is 11.1 Å². The van der Waals surface area contributed by atoms with E-state index in [4.69, 9.17) is 5.73 Å². The molecule has 0 saturated heterocycles. The zero-order valence-corrected chi connectivity index (χ0v) is 7.02. The topological polar surface area (TPSA) is 58.3 Å². The Morgan fingerprint density at radius 2 is 2.10 bits per heavy atom. The normalized spacial score (nSPS) is 17.4. The molecule has 1 unspecified atom stereocenters. The second-order valence-electron chi connectivity index (χ2n) is 2.91. The fraction of sp³-hybridized carbons (Fsp3) is 1.00. The van der Waals surface area contributed by atoms with Crippen LogP contribution in [0.25, 0.3) is 0 Å². The van der Waals surface area contributed by atoms with Crippen LogP contribution in [0.4, 0.5) is 0 Å². The third-order valence-electron chi connectivity index (χ3n) is 1.54. The lowest BCUT2D eigenvalue weighted by atomic mass is 10.1. The number of aliphatic hydroxyl groups is 1. The lowest BCUT2D eigenvalue weighted by Crippen LogP contribution is -2.57. The van der Waals surface area contributed by atoms with Crippen LogP contribution < -0.4 is 11.1 Å². The number of hydrogen-bond acceptors (Lipinski definition) is 3. The predicted octanol–water partition coefficient (Wildman–Crippen LogP) is 0.247. The van der Waals surface area contributed by atoms with Crippen molar-refractivity contribution in [2.24, 2.45) is 11.7 Å². The molecule has 62 valence electrons. The Morgan fingerprint density at radius 3 is 2.40 bits per heavy atom. The van der Waals surface area contributed by atoms with Crippen LogP contribution in [-0.2, 0) is 0 Å². The molecule has 0 saturated carbocycles. The zero-order valence-electron chi connectivity index (χ0n) is 7.02. The van der Waals surface area contributed by atoms with Gasteiger partial charge in [0.1, 0.15) is 0 Å². The van der Waals surface area contributed by atoms with Crippen LogP contribution in [0.2, 0.25) is 0 Å². The molecule has 10 heavy (non-hydrogen) atoms. The molecule has 0 aromatic heterocycles. The molecule has 0 spiro atoms. The molecular weight excluding hydrogens is 128 g/mol. The van der Waals surface area contributed by atoms with Crippen molar-refractivity contribution in [1.82, 2.24) is 5.32 Å².